The van der Waals surface area contributed by atoms with Gasteiger partial charge in [0.05, 0.1) is 5.69 Å². The highest BCUT2D eigenvalue weighted by Gasteiger charge is 2.06. The second-order valence-electron chi connectivity index (χ2n) is 5.28. The normalized spacial score (nSPS) is 10.9. The van der Waals surface area contributed by atoms with Crippen LogP contribution in [0.5, 0.6) is 0 Å². The molecule has 0 aromatic carbocycles. The van der Waals surface area contributed by atoms with Gasteiger partial charge in [0.25, 0.3) is 0 Å². The number of hydrogen-bond acceptors (Lipinski definition) is 3. The number of nitrogens with one attached hydrogen (secondary N) is 1. The molecule has 4 nitrogen and oxygen atoms in total. The lowest BCUT2D eigenvalue weighted by molar-refractivity contribution is 0.526. The molecule has 0 atom stereocenters. The topological polar surface area (TPSA) is 42.7 Å². The number of aromatic nitrogens is 3. The predicted octanol–water partition coefficient (Wildman–Crippen LogP) is 2.90. The van der Waals surface area contributed by atoms with Crippen LogP contribution in [0.2, 0.25) is 0 Å². The van der Waals surface area contributed by atoms with Gasteiger partial charge in [0.1, 0.15) is 0 Å². The summed E-state index contributed by atoms with van der Waals surface area (Å²) in [6, 6.07) is 4.10. The zero-order chi connectivity index (χ0) is 13.7. The number of nitrogens with zero attached hydrogens (tertiary/aromatic N) is 3. The third-order valence-electron chi connectivity index (χ3n) is 2.90. The molecule has 0 spiro atoms. The Morgan fingerprint density at radius 1 is 1.26 bits per heavy atom. The molecular weight excluding hydrogens is 236 g/mol. The van der Waals surface area contributed by atoms with Crippen LogP contribution in [0, 0.1) is 12.8 Å². The first-order valence-electron chi connectivity index (χ1n) is 6.81. The fourth-order valence-corrected chi connectivity index (χ4v) is 2.09. The van der Waals surface area contributed by atoms with Crippen LogP contribution < -0.4 is 5.32 Å². The molecule has 0 saturated heterocycles. The molecule has 2 rings (SSSR count). The molecule has 0 aliphatic carbocycles. The third-order valence-corrected chi connectivity index (χ3v) is 2.90. The van der Waals surface area contributed by atoms with Gasteiger partial charge in [0, 0.05) is 31.7 Å². The van der Waals surface area contributed by atoms with Gasteiger partial charge in [-0.25, -0.2) is 4.98 Å². The van der Waals surface area contributed by atoms with E-state index in [1.165, 1.54) is 5.56 Å². The summed E-state index contributed by atoms with van der Waals surface area (Å²) >= 11 is 0. The lowest BCUT2D eigenvalue weighted by Crippen LogP contribution is -2.12. The van der Waals surface area contributed by atoms with Crippen molar-refractivity contribution in [1.82, 2.24) is 14.5 Å². The van der Waals surface area contributed by atoms with Crippen LogP contribution in [0.4, 0.5) is 5.95 Å². The van der Waals surface area contributed by atoms with Gasteiger partial charge >= 0.3 is 0 Å². The lowest BCUT2D eigenvalue weighted by atomic mass is 10.2. The van der Waals surface area contributed by atoms with Crippen molar-refractivity contribution >= 4 is 5.95 Å². The quantitative estimate of drug-likeness (QED) is 0.866. The summed E-state index contributed by atoms with van der Waals surface area (Å²) in [5.74, 6) is 1.59. The SMILES string of the molecule is Cc1cn(CC(C)C)c(NCCc2ccncc2)n1. The summed E-state index contributed by atoms with van der Waals surface area (Å²) < 4.78 is 2.20. The lowest BCUT2D eigenvalue weighted by Gasteiger charge is -2.11. The van der Waals surface area contributed by atoms with Crippen LogP contribution in [-0.2, 0) is 13.0 Å². The molecule has 0 amide bonds. The van der Waals surface area contributed by atoms with Gasteiger partial charge in [0.2, 0.25) is 5.95 Å². The molecule has 19 heavy (non-hydrogen) atoms. The second-order valence-corrected chi connectivity index (χ2v) is 5.28. The Labute approximate surface area is 114 Å². The van der Waals surface area contributed by atoms with Gasteiger partial charge in [-0.15, -0.1) is 0 Å². The smallest absolute Gasteiger partial charge is 0.203 e. The maximum atomic E-state index is 4.53. The van der Waals surface area contributed by atoms with Crippen LogP contribution in [0.1, 0.15) is 25.1 Å². The zero-order valence-electron chi connectivity index (χ0n) is 11.9. The first-order valence-corrected chi connectivity index (χ1v) is 6.81. The van der Waals surface area contributed by atoms with Crippen LogP contribution >= 0.6 is 0 Å². The van der Waals surface area contributed by atoms with E-state index in [0.29, 0.717) is 5.92 Å². The van der Waals surface area contributed by atoms with E-state index in [0.717, 1.165) is 31.2 Å². The van der Waals surface area contributed by atoms with E-state index in [1.54, 1.807) is 0 Å². The highest BCUT2D eigenvalue weighted by molar-refractivity contribution is 5.29. The molecule has 0 unspecified atom stereocenters. The monoisotopic (exact) mass is 258 g/mol. The number of imidazole rings is 1. The van der Waals surface area contributed by atoms with E-state index in [1.807, 2.05) is 31.5 Å². The van der Waals surface area contributed by atoms with E-state index in [9.17, 15) is 0 Å². The van der Waals surface area contributed by atoms with Crippen LogP contribution in [0.25, 0.3) is 0 Å². The van der Waals surface area contributed by atoms with Gasteiger partial charge in [-0.3, -0.25) is 4.98 Å². The minimum atomic E-state index is 0.620. The summed E-state index contributed by atoms with van der Waals surface area (Å²) in [5, 5.41) is 3.42. The molecule has 0 aliphatic rings. The first-order chi connectivity index (χ1) is 9.15. The largest absolute Gasteiger partial charge is 0.355 e. The van der Waals surface area contributed by atoms with Crippen molar-refractivity contribution in [3.63, 3.8) is 0 Å². The summed E-state index contributed by atoms with van der Waals surface area (Å²) in [6.45, 7) is 8.36. The molecule has 2 aromatic heterocycles. The van der Waals surface area contributed by atoms with Crippen molar-refractivity contribution in [3.8, 4) is 0 Å². The maximum absolute atomic E-state index is 4.53. The summed E-state index contributed by atoms with van der Waals surface area (Å²) in [7, 11) is 0. The Kier molecular flexibility index (Phi) is 4.55. The van der Waals surface area contributed by atoms with Gasteiger partial charge in [-0.1, -0.05) is 13.8 Å². The number of anilines is 1. The minimum Gasteiger partial charge on any atom is -0.355 e. The Morgan fingerprint density at radius 2 is 2.00 bits per heavy atom. The molecule has 0 radical (unpaired) electrons. The first kappa shape index (κ1) is 13.6. The minimum absolute atomic E-state index is 0.620. The Bertz CT molecular complexity index is 502. The molecule has 0 aliphatic heterocycles. The van der Waals surface area contributed by atoms with E-state index in [2.05, 4.69) is 39.9 Å². The Hall–Kier alpha value is -1.84. The molecule has 2 aromatic rings. The van der Waals surface area contributed by atoms with Crippen molar-refractivity contribution < 1.29 is 0 Å². The molecule has 1 N–H and O–H groups in total. The van der Waals surface area contributed by atoms with Gasteiger partial charge < -0.3 is 9.88 Å². The Morgan fingerprint density at radius 3 is 2.68 bits per heavy atom. The van der Waals surface area contributed by atoms with Crippen molar-refractivity contribution in [2.24, 2.45) is 5.92 Å². The molecule has 0 saturated carbocycles. The fourth-order valence-electron chi connectivity index (χ4n) is 2.09. The van der Waals surface area contributed by atoms with E-state index in [-0.39, 0.29) is 0 Å². The third kappa shape index (κ3) is 4.09. The standard InChI is InChI=1S/C15H22N4/c1-12(2)10-19-11-13(3)18-15(19)17-9-6-14-4-7-16-8-5-14/h4-5,7-8,11-12H,6,9-10H2,1-3H3,(H,17,18). The van der Waals surface area contributed by atoms with E-state index in [4.69, 9.17) is 0 Å². The second kappa shape index (κ2) is 6.36. The van der Waals surface area contributed by atoms with Crippen molar-refractivity contribution in [2.45, 2.75) is 33.7 Å². The van der Waals surface area contributed by atoms with Crippen LogP contribution in [0.3, 0.4) is 0 Å². The number of rotatable bonds is 6. The fraction of sp³-hybridized carbons (Fsp3) is 0.467. The van der Waals surface area contributed by atoms with Gasteiger partial charge in [-0.05, 0) is 37.0 Å². The maximum Gasteiger partial charge on any atom is 0.203 e. The van der Waals surface area contributed by atoms with Crippen molar-refractivity contribution in [2.75, 3.05) is 11.9 Å². The molecule has 0 fully saturated rings. The number of aryl methyl sites for hydroxylation is 1. The van der Waals surface area contributed by atoms with Crippen LogP contribution in [-0.4, -0.2) is 21.1 Å². The average Bonchev–Trinajstić information content (AvgIpc) is 2.70. The molecule has 2 heterocycles. The molecule has 102 valence electrons. The molecule has 0 bridgehead atoms. The van der Waals surface area contributed by atoms with Gasteiger partial charge in [0.15, 0.2) is 0 Å². The Balaban J connectivity index is 1.92. The number of hydrogen-bond donors (Lipinski definition) is 1. The van der Waals surface area contributed by atoms with Gasteiger partial charge in [-0.2, -0.15) is 0 Å². The van der Waals surface area contributed by atoms with E-state index < -0.39 is 0 Å². The van der Waals surface area contributed by atoms with Crippen LogP contribution in [0.15, 0.2) is 30.7 Å². The predicted molar refractivity (Wildman–Crippen MR) is 78.2 cm³/mol. The molecular formula is C15H22N4. The van der Waals surface area contributed by atoms with Crippen molar-refractivity contribution in [1.29, 1.82) is 0 Å². The molecule has 4 heteroatoms. The highest BCUT2D eigenvalue weighted by Crippen LogP contribution is 2.11. The van der Waals surface area contributed by atoms with E-state index >= 15 is 0 Å². The average molecular weight is 258 g/mol. The van der Waals surface area contributed by atoms with Crippen molar-refractivity contribution in [3.05, 3.63) is 42.0 Å². The zero-order valence-corrected chi connectivity index (χ0v) is 11.9. The number of pyridine rings is 1. The highest BCUT2D eigenvalue weighted by atomic mass is 15.2. The summed E-state index contributed by atoms with van der Waals surface area (Å²) in [4.78, 5) is 8.56. The summed E-state index contributed by atoms with van der Waals surface area (Å²) in [6.07, 6.45) is 6.75. The summed E-state index contributed by atoms with van der Waals surface area (Å²) in [5.41, 5.74) is 2.35.